The van der Waals surface area contributed by atoms with Gasteiger partial charge in [0.1, 0.15) is 5.75 Å². The number of methoxy groups -OCH3 is 1. The zero-order chi connectivity index (χ0) is 18.7. The Labute approximate surface area is 155 Å². The van der Waals surface area contributed by atoms with Gasteiger partial charge in [-0.05, 0) is 64.9 Å². The van der Waals surface area contributed by atoms with Gasteiger partial charge in [-0.1, -0.05) is 6.42 Å². The molecule has 1 fully saturated rings. The second-order valence-electron chi connectivity index (χ2n) is 7.72. The van der Waals surface area contributed by atoms with Crippen molar-refractivity contribution in [1.82, 2.24) is 15.2 Å². The van der Waals surface area contributed by atoms with Crippen molar-refractivity contribution in [3.05, 3.63) is 35.5 Å². The lowest BCUT2D eigenvalue weighted by molar-refractivity contribution is 0.0797. The van der Waals surface area contributed by atoms with E-state index in [-0.39, 0.29) is 11.4 Å². The highest BCUT2D eigenvalue weighted by atomic mass is 16.5. The molecule has 1 saturated heterocycles. The first-order valence-electron chi connectivity index (χ1n) is 9.39. The number of nitrogens with one attached hydrogen (secondary N) is 1. The van der Waals surface area contributed by atoms with E-state index in [4.69, 9.17) is 4.74 Å². The van der Waals surface area contributed by atoms with Gasteiger partial charge in [0.25, 0.3) is 5.91 Å². The summed E-state index contributed by atoms with van der Waals surface area (Å²) >= 11 is 0. The Balaban J connectivity index is 1.73. The summed E-state index contributed by atoms with van der Waals surface area (Å²) in [5.41, 5.74) is 2.17. The largest absolute Gasteiger partial charge is 0.497 e. The molecule has 26 heavy (non-hydrogen) atoms. The first-order valence-corrected chi connectivity index (χ1v) is 9.39. The molecule has 1 aromatic carbocycles. The molecule has 0 atom stereocenters. The lowest BCUT2D eigenvalue weighted by Crippen LogP contribution is -2.53. The summed E-state index contributed by atoms with van der Waals surface area (Å²) in [6.07, 6.45) is 3.80. The molecule has 0 bridgehead atoms. The minimum Gasteiger partial charge on any atom is -0.497 e. The smallest absolute Gasteiger partial charge is 0.253 e. The van der Waals surface area contributed by atoms with Crippen molar-refractivity contribution < 1.29 is 9.53 Å². The average molecular weight is 355 g/mol. The highest BCUT2D eigenvalue weighted by molar-refractivity contribution is 5.98. The number of pyridine rings is 1. The number of amides is 1. The number of hydrogen-bond donors (Lipinski definition) is 1. The van der Waals surface area contributed by atoms with E-state index >= 15 is 0 Å². The summed E-state index contributed by atoms with van der Waals surface area (Å²) in [4.78, 5) is 19.8. The van der Waals surface area contributed by atoms with E-state index < -0.39 is 0 Å². The zero-order valence-electron chi connectivity index (χ0n) is 16.3. The molecule has 2 aromatic rings. The Morgan fingerprint density at radius 1 is 1.23 bits per heavy atom. The molecule has 0 radical (unpaired) electrons. The molecule has 1 aliphatic rings. The van der Waals surface area contributed by atoms with Crippen LogP contribution in [0.5, 0.6) is 5.75 Å². The number of aromatic nitrogens is 1. The minimum atomic E-state index is -0.0576. The summed E-state index contributed by atoms with van der Waals surface area (Å²) in [6, 6.07) is 7.64. The number of benzene rings is 1. The highest BCUT2D eigenvalue weighted by Gasteiger charge is 2.28. The van der Waals surface area contributed by atoms with Crippen molar-refractivity contribution in [3.63, 3.8) is 0 Å². The summed E-state index contributed by atoms with van der Waals surface area (Å²) in [5.74, 6) is 0.711. The Hall–Kier alpha value is -2.14. The fourth-order valence-electron chi connectivity index (χ4n) is 3.60. The number of aryl methyl sites for hydroxylation is 1. The second kappa shape index (κ2) is 7.62. The van der Waals surface area contributed by atoms with E-state index in [2.05, 4.69) is 29.0 Å². The molecule has 1 N–H and O–H groups in total. The predicted octanol–water partition coefficient (Wildman–Crippen LogP) is 3.55. The maximum Gasteiger partial charge on any atom is 0.253 e. The molecule has 0 spiro atoms. The van der Waals surface area contributed by atoms with Crippen LogP contribution in [0.25, 0.3) is 10.9 Å². The number of piperidine rings is 1. The van der Waals surface area contributed by atoms with Crippen LogP contribution in [-0.4, -0.2) is 48.1 Å². The van der Waals surface area contributed by atoms with Crippen LogP contribution in [0.15, 0.2) is 24.3 Å². The van der Waals surface area contributed by atoms with Crippen LogP contribution in [0.3, 0.4) is 0 Å². The van der Waals surface area contributed by atoms with Crippen LogP contribution in [0.1, 0.15) is 49.2 Å². The molecule has 0 unspecified atom stereocenters. The van der Waals surface area contributed by atoms with Gasteiger partial charge in [-0.15, -0.1) is 0 Å². The number of likely N-dealkylation sites (tertiary alicyclic amines) is 1. The summed E-state index contributed by atoms with van der Waals surface area (Å²) in [7, 11) is 1.64. The van der Waals surface area contributed by atoms with Gasteiger partial charge in [0.15, 0.2) is 0 Å². The fourth-order valence-corrected chi connectivity index (χ4v) is 3.60. The van der Waals surface area contributed by atoms with Crippen LogP contribution in [0.2, 0.25) is 0 Å². The summed E-state index contributed by atoms with van der Waals surface area (Å²) in [6.45, 7) is 9.14. The fraction of sp³-hybridized carbons (Fsp3) is 0.524. The van der Waals surface area contributed by atoms with Gasteiger partial charge in [-0.2, -0.15) is 0 Å². The molecule has 1 aromatic heterocycles. The Bertz CT molecular complexity index is 795. The van der Waals surface area contributed by atoms with Gasteiger partial charge in [-0.25, -0.2) is 0 Å². The number of carbonyl (C=O) groups is 1. The van der Waals surface area contributed by atoms with Crippen LogP contribution < -0.4 is 10.1 Å². The van der Waals surface area contributed by atoms with E-state index in [9.17, 15) is 4.79 Å². The van der Waals surface area contributed by atoms with Crippen molar-refractivity contribution in [2.45, 2.75) is 45.6 Å². The number of hydrogen-bond acceptors (Lipinski definition) is 4. The van der Waals surface area contributed by atoms with Crippen molar-refractivity contribution in [2.24, 2.45) is 0 Å². The number of carbonyl (C=O) groups excluding carboxylic acids is 1. The quantitative estimate of drug-likeness (QED) is 0.891. The zero-order valence-corrected chi connectivity index (χ0v) is 16.3. The number of fused-ring (bicyclic) bond motifs is 1. The summed E-state index contributed by atoms with van der Waals surface area (Å²) in [5, 5.41) is 4.06. The van der Waals surface area contributed by atoms with Gasteiger partial charge in [-0.3, -0.25) is 14.7 Å². The maximum atomic E-state index is 12.8. The minimum absolute atomic E-state index is 0.0401. The molecule has 5 nitrogen and oxygen atoms in total. The molecule has 3 rings (SSSR count). The maximum absolute atomic E-state index is 12.8. The van der Waals surface area contributed by atoms with Gasteiger partial charge in [0.2, 0.25) is 0 Å². The van der Waals surface area contributed by atoms with E-state index in [1.165, 1.54) is 19.3 Å². The monoisotopic (exact) mass is 355 g/mol. The van der Waals surface area contributed by atoms with Gasteiger partial charge in [0, 0.05) is 23.5 Å². The average Bonchev–Trinajstić information content (AvgIpc) is 2.66. The second-order valence-corrected chi connectivity index (χ2v) is 7.72. The number of ether oxygens (including phenoxy) is 1. The van der Waals surface area contributed by atoms with Crippen LogP contribution in [0, 0.1) is 6.92 Å². The van der Waals surface area contributed by atoms with E-state index in [1.54, 1.807) is 7.11 Å². The van der Waals surface area contributed by atoms with Crippen molar-refractivity contribution in [2.75, 3.05) is 26.7 Å². The van der Waals surface area contributed by atoms with E-state index in [0.717, 1.165) is 35.4 Å². The van der Waals surface area contributed by atoms with Crippen molar-refractivity contribution >= 4 is 16.8 Å². The Kier molecular flexibility index (Phi) is 5.47. The van der Waals surface area contributed by atoms with Gasteiger partial charge in [0.05, 0.1) is 23.9 Å². The predicted molar refractivity (Wildman–Crippen MR) is 105 cm³/mol. The Morgan fingerprint density at radius 2 is 1.96 bits per heavy atom. The standard InChI is InChI=1S/C21H29N3O2/c1-15-18(12-16-8-9-17(26-4)13-19(16)23-15)20(25)22-14-21(2,3)24-10-6-5-7-11-24/h8-9,12-13H,5-7,10-11,14H2,1-4H3,(H,22,25). The molecule has 1 amide bonds. The summed E-state index contributed by atoms with van der Waals surface area (Å²) < 4.78 is 5.25. The molecule has 2 heterocycles. The number of nitrogens with zero attached hydrogens (tertiary/aromatic N) is 2. The lowest BCUT2D eigenvalue weighted by Gasteiger charge is -2.41. The van der Waals surface area contributed by atoms with Crippen LogP contribution >= 0.6 is 0 Å². The van der Waals surface area contributed by atoms with Crippen LogP contribution in [-0.2, 0) is 0 Å². The molecular weight excluding hydrogens is 326 g/mol. The lowest BCUT2D eigenvalue weighted by atomic mass is 9.98. The third-order valence-corrected chi connectivity index (χ3v) is 5.35. The normalized spacial score (nSPS) is 15.8. The van der Waals surface area contributed by atoms with Gasteiger partial charge < -0.3 is 10.1 Å². The van der Waals surface area contributed by atoms with Gasteiger partial charge >= 0.3 is 0 Å². The molecule has 5 heteroatoms. The molecule has 1 aliphatic heterocycles. The molecular formula is C21H29N3O2. The van der Waals surface area contributed by atoms with Crippen LogP contribution in [0.4, 0.5) is 0 Å². The number of rotatable bonds is 5. The van der Waals surface area contributed by atoms with E-state index in [0.29, 0.717) is 12.1 Å². The van der Waals surface area contributed by atoms with E-state index in [1.807, 2.05) is 31.2 Å². The highest BCUT2D eigenvalue weighted by Crippen LogP contribution is 2.23. The third-order valence-electron chi connectivity index (χ3n) is 5.35. The Morgan fingerprint density at radius 3 is 2.65 bits per heavy atom. The SMILES string of the molecule is COc1ccc2cc(C(=O)NCC(C)(C)N3CCCCC3)c(C)nc2c1. The molecule has 140 valence electrons. The first-order chi connectivity index (χ1) is 12.4. The molecule has 0 aliphatic carbocycles. The van der Waals surface area contributed by atoms with Crippen molar-refractivity contribution in [1.29, 1.82) is 0 Å². The third kappa shape index (κ3) is 3.98. The molecule has 0 saturated carbocycles. The topological polar surface area (TPSA) is 54.5 Å². The first kappa shape index (κ1) is 18.6. The van der Waals surface area contributed by atoms with Crippen molar-refractivity contribution in [3.8, 4) is 5.75 Å².